The summed E-state index contributed by atoms with van der Waals surface area (Å²) in [6, 6.07) is 4.58. The van der Waals surface area contributed by atoms with Gasteiger partial charge in [-0.2, -0.15) is 0 Å². The third kappa shape index (κ3) is 4.91. The molecule has 2 saturated heterocycles. The standard InChI is InChI=1S/C17H23N3O7S/c1-25-15-10-12(2-3-14(15)18-28(23)24)16(21)19-5-7-20(8-6-19)17(22)27-13-4-9-26-11-13/h2-3,10,13,18H,4-9,11H2,1H3,(H,23,24). The summed E-state index contributed by atoms with van der Waals surface area (Å²) in [5, 5.41) is 0. The molecule has 2 heterocycles. The number of carbonyl (C=O) groups excluding carboxylic acids is 2. The highest BCUT2D eigenvalue weighted by molar-refractivity contribution is 7.80. The minimum absolute atomic E-state index is 0.194. The molecule has 0 aliphatic carbocycles. The molecule has 2 amide bonds. The summed E-state index contributed by atoms with van der Waals surface area (Å²) in [5.41, 5.74) is 0.702. The van der Waals surface area contributed by atoms with Crippen molar-refractivity contribution in [1.29, 1.82) is 0 Å². The van der Waals surface area contributed by atoms with Gasteiger partial charge in [-0.25, -0.2) is 9.00 Å². The molecular weight excluding hydrogens is 390 g/mol. The fourth-order valence-corrected chi connectivity index (χ4v) is 3.46. The number of anilines is 1. The molecule has 2 N–H and O–H groups in total. The summed E-state index contributed by atoms with van der Waals surface area (Å²) in [5.74, 6) is 0.0847. The number of piperazine rings is 1. The van der Waals surface area contributed by atoms with Gasteiger partial charge in [0.2, 0.25) is 0 Å². The van der Waals surface area contributed by atoms with Gasteiger partial charge in [-0.05, 0) is 18.2 Å². The van der Waals surface area contributed by atoms with Crippen molar-refractivity contribution < 1.29 is 32.6 Å². The molecular formula is C17H23N3O7S. The van der Waals surface area contributed by atoms with E-state index in [0.29, 0.717) is 57.1 Å². The van der Waals surface area contributed by atoms with Crippen LogP contribution in [0.25, 0.3) is 0 Å². The van der Waals surface area contributed by atoms with E-state index >= 15 is 0 Å². The van der Waals surface area contributed by atoms with Gasteiger partial charge in [0.25, 0.3) is 17.2 Å². The Hall–Kier alpha value is -2.37. The number of nitrogens with zero attached hydrogens (tertiary/aromatic N) is 2. The van der Waals surface area contributed by atoms with Crippen LogP contribution < -0.4 is 9.46 Å². The van der Waals surface area contributed by atoms with Crippen LogP contribution in [0.3, 0.4) is 0 Å². The number of methoxy groups -OCH3 is 1. The fraction of sp³-hybridized carbons (Fsp3) is 0.529. The van der Waals surface area contributed by atoms with Gasteiger partial charge >= 0.3 is 6.09 Å². The molecule has 2 unspecified atom stereocenters. The van der Waals surface area contributed by atoms with Crippen LogP contribution in [-0.2, 0) is 20.7 Å². The van der Waals surface area contributed by atoms with E-state index in [2.05, 4.69) is 4.72 Å². The number of amides is 2. The van der Waals surface area contributed by atoms with Gasteiger partial charge < -0.3 is 24.0 Å². The van der Waals surface area contributed by atoms with E-state index in [1.54, 1.807) is 15.9 Å². The van der Waals surface area contributed by atoms with Gasteiger partial charge in [0, 0.05) is 38.2 Å². The van der Waals surface area contributed by atoms with Crippen molar-refractivity contribution in [3.05, 3.63) is 23.8 Å². The first-order valence-corrected chi connectivity index (χ1v) is 9.96. The van der Waals surface area contributed by atoms with Gasteiger partial charge in [0.15, 0.2) is 0 Å². The zero-order valence-electron chi connectivity index (χ0n) is 15.5. The highest BCUT2D eigenvalue weighted by atomic mass is 32.2. The number of rotatable bonds is 5. The lowest BCUT2D eigenvalue weighted by Crippen LogP contribution is -2.51. The lowest BCUT2D eigenvalue weighted by molar-refractivity contribution is 0.0370. The Morgan fingerprint density at radius 3 is 2.57 bits per heavy atom. The summed E-state index contributed by atoms with van der Waals surface area (Å²) < 4.78 is 38.0. The van der Waals surface area contributed by atoms with Crippen LogP contribution in [0.1, 0.15) is 16.8 Å². The number of ether oxygens (including phenoxy) is 3. The highest BCUT2D eigenvalue weighted by Gasteiger charge is 2.28. The molecule has 0 spiro atoms. The molecule has 11 heteroatoms. The molecule has 0 aromatic heterocycles. The average Bonchev–Trinajstić information content (AvgIpc) is 3.20. The molecule has 0 radical (unpaired) electrons. The minimum Gasteiger partial charge on any atom is -0.495 e. The van der Waals surface area contributed by atoms with Crippen molar-refractivity contribution in [2.24, 2.45) is 0 Å². The maximum Gasteiger partial charge on any atom is 0.410 e. The Bertz CT molecular complexity index is 746. The van der Waals surface area contributed by atoms with Crippen LogP contribution in [0.4, 0.5) is 10.5 Å². The number of hydrogen-bond acceptors (Lipinski definition) is 6. The van der Waals surface area contributed by atoms with Gasteiger partial charge in [-0.15, -0.1) is 0 Å². The number of hydrogen-bond donors (Lipinski definition) is 2. The summed E-state index contributed by atoms with van der Waals surface area (Å²) >= 11 is -2.24. The first-order valence-electron chi connectivity index (χ1n) is 8.86. The van der Waals surface area contributed by atoms with Gasteiger partial charge in [0.05, 0.1) is 26.0 Å². The van der Waals surface area contributed by atoms with Gasteiger partial charge in [-0.3, -0.25) is 14.1 Å². The van der Waals surface area contributed by atoms with E-state index in [0.717, 1.165) is 0 Å². The predicted molar refractivity (Wildman–Crippen MR) is 101 cm³/mol. The van der Waals surface area contributed by atoms with Crippen LogP contribution in [0.2, 0.25) is 0 Å². The first-order chi connectivity index (χ1) is 13.5. The SMILES string of the molecule is COc1cc(C(=O)N2CCN(C(=O)OC3CCOC3)CC2)ccc1NS(=O)O. The van der Waals surface area contributed by atoms with Crippen LogP contribution in [0.15, 0.2) is 18.2 Å². The number of carbonyl (C=O) groups is 2. The number of benzene rings is 1. The molecule has 1 aromatic rings. The average molecular weight is 413 g/mol. The van der Waals surface area contributed by atoms with Gasteiger partial charge in [-0.1, -0.05) is 0 Å². The second-order valence-corrected chi connectivity index (χ2v) is 7.12. The molecule has 0 saturated carbocycles. The molecule has 2 aliphatic heterocycles. The summed E-state index contributed by atoms with van der Waals surface area (Å²) in [6.07, 6.45) is 0.137. The van der Waals surface area contributed by atoms with Crippen molar-refractivity contribution in [3.8, 4) is 5.75 Å². The lowest BCUT2D eigenvalue weighted by atomic mass is 10.1. The molecule has 2 atom stereocenters. The van der Waals surface area contributed by atoms with Crippen LogP contribution in [-0.4, -0.2) is 83.2 Å². The second-order valence-electron chi connectivity index (χ2n) is 6.41. The third-order valence-corrected chi connectivity index (χ3v) is 5.02. The van der Waals surface area contributed by atoms with Crippen molar-refractivity contribution >= 4 is 29.0 Å². The van der Waals surface area contributed by atoms with Crippen molar-refractivity contribution in [3.63, 3.8) is 0 Å². The predicted octanol–water partition coefficient (Wildman–Crippen LogP) is 0.927. The maximum atomic E-state index is 12.7. The van der Waals surface area contributed by atoms with E-state index in [1.807, 2.05) is 0 Å². The summed E-state index contributed by atoms with van der Waals surface area (Å²) in [7, 11) is 1.41. The molecule has 1 aromatic carbocycles. The molecule has 3 rings (SSSR count). The first kappa shape index (κ1) is 20.4. The van der Waals surface area contributed by atoms with Crippen molar-refractivity contribution in [1.82, 2.24) is 9.80 Å². The van der Waals surface area contributed by atoms with E-state index in [4.69, 9.17) is 18.8 Å². The van der Waals surface area contributed by atoms with E-state index in [9.17, 15) is 13.8 Å². The number of nitrogens with one attached hydrogen (secondary N) is 1. The van der Waals surface area contributed by atoms with E-state index in [1.165, 1.54) is 19.2 Å². The zero-order chi connectivity index (χ0) is 20.1. The van der Waals surface area contributed by atoms with Crippen molar-refractivity contribution in [2.45, 2.75) is 12.5 Å². The zero-order valence-corrected chi connectivity index (χ0v) is 16.3. The normalized spacial score (nSPS) is 20.6. The van der Waals surface area contributed by atoms with Crippen LogP contribution >= 0.6 is 0 Å². The Morgan fingerprint density at radius 2 is 1.96 bits per heavy atom. The van der Waals surface area contributed by atoms with Crippen molar-refractivity contribution in [2.75, 3.05) is 51.2 Å². The molecule has 2 fully saturated rings. The second kappa shape index (κ2) is 9.22. The topological polar surface area (TPSA) is 118 Å². The molecule has 10 nitrogen and oxygen atoms in total. The summed E-state index contributed by atoms with van der Waals surface area (Å²) in [6.45, 7) is 2.58. The molecule has 2 aliphatic rings. The maximum absolute atomic E-state index is 12.7. The van der Waals surface area contributed by atoms with E-state index < -0.39 is 11.3 Å². The third-order valence-electron chi connectivity index (χ3n) is 4.63. The largest absolute Gasteiger partial charge is 0.495 e. The Morgan fingerprint density at radius 1 is 1.25 bits per heavy atom. The monoisotopic (exact) mass is 413 g/mol. The molecule has 0 bridgehead atoms. The minimum atomic E-state index is -2.24. The summed E-state index contributed by atoms with van der Waals surface area (Å²) in [4.78, 5) is 28.2. The molecule has 28 heavy (non-hydrogen) atoms. The van der Waals surface area contributed by atoms with Crippen LogP contribution in [0.5, 0.6) is 5.75 Å². The van der Waals surface area contributed by atoms with Gasteiger partial charge in [0.1, 0.15) is 11.9 Å². The van der Waals surface area contributed by atoms with E-state index in [-0.39, 0.29) is 23.9 Å². The highest BCUT2D eigenvalue weighted by Crippen LogP contribution is 2.26. The quantitative estimate of drug-likeness (QED) is 0.690. The fourth-order valence-electron chi connectivity index (χ4n) is 3.10. The molecule has 154 valence electrons. The lowest BCUT2D eigenvalue weighted by Gasteiger charge is -2.34. The Balaban J connectivity index is 1.57. The Labute approximate surface area is 165 Å². The Kier molecular flexibility index (Phi) is 6.70. The smallest absolute Gasteiger partial charge is 0.410 e. The van der Waals surface area contributed by atoms with Crippen LogP contribution in [0, 0.1) is 0 Å².